The molecule has 2 N–H and O–H groups in total. The van der Waals surface area contributed by atoms with Crippen LogP contribution < -0.4 is 5.32 Å². The topological polar surface area (TPSA) is 66.4 Å². The average Bonchev–Trinajstić information content (AvgIpc) is 2.38. The molecule has 2 rings (SSSR count). The second-order valence-corrected chi connectivity index (χ2v) is 4.84. The molecular weight excluding hydrogens is 230 g/mol. The molecule has 1 aromatic carbocycles. The third-order valence-corrected chi connectivity index (χ3v) is 3.58. The van der Waals surface area contributed by atoms with Crippen molar-refractivity contribution < 1.29 is 14.7 Å². The van der Waals surface area contributed by atoms with E-state index in [1.807, 2.05) is 13.0 Å². The first-order chi connectivity index (χ1) is 8.56. The van der Waals surface area contributed by atoms with E-state index in [4.69, 9.17) is 0 Å². The summed E-state index contributed by atoms with van der Waals surface area (Å²) in [6, 6.07) is 7.14. The maximum Gasteiger partial charge on any atom is 0.317 e. The summed E-state index contributed by atoms with van der Waals surface area (Å²) >= 11 is 0. The molecule has 0 bridgehead atoms. The van der Waals surface area contributed by atoms with E-state index in [2.05, 4.69) is 5.32 Å². The van der Waals surface area contributed by atoms with E-state index in [-0.39, 0.29) is 5.78 Å². The lowest BCUT2D eigenvalue weighted by Gasteiger charge is -2.32. The highest BCUT2D eigenvalue weighted by Gasteiger charge is 2.46. The van der Waals surface area contributed by atoms with Gasteiger partial charge in [0.15, 0.2) is 5.78 Å². The molecule has 18 heavy (non-hydrogen) atoms. The minimum absolute atomic E-state index is 0.264. The molecule has 96 valence electrons. The molecule has 1 heterocycles. The van der Waals surface area contributed by atoms with E-state index >= 15 is 0 Å². The predicted molar refractivity (Wildman–Crippen MR) is 67.7 cm³/mol. The van der Waals surface area contributed by atoms with Gasteiger partial charge in [0, 0.05) is 5.56 Å². The first-order valence-electron chi connectivity index (χ1n) is 6.12. The highest BCUT2D eigenvalue weighted by molar-refractivity contribution is 6.12. The standard InChI is InChI=1S/C14H17NO3/c1-10-3-2-4-11(9-10)12(16)14(13(17)18)5-7-15-8-6-14/h2-4,9,15H,5-8H2,1H3,(H,17,18). The Hall–Kier alpha value is -1.68. The van der Waals surface area contributed by atoms with Gasteiger partial charge in [0.05, 0.1) is 0 Å². The number of rotatable bonds is 3. The Morgan fingerprint density at radius 2 is 1.94 bits per heavy atom. The van der Waals surface area contributed by atoms with Crippen molar-refractivity contribution in [2.24, 2.45) is 5.41 Å². The number of ketones is 1. The monoisotopic (exact) mass is 247 g/mol. The second-order valence-electron chi connectivity index (χ2n) is 4.84. The fraction of sp³-hybridized carbons (Fsp3) is 0.429. The number of hydrogen-bond donors (Lipinski definition) is 2. The molecule has 0 spiro atoms. The minimum Gasteiger partial charge on any atom is -0.480 e. The molecule has 1 aliphatic rings. The Bertz CT molecular complexity index is 476. The first kappa shape index (κ1) is 12.8. The molecule has 0 unspecified atom stereocenters. The van der Waals surface area contributed by atoms with Crippen LogP contribution in [0.5, 0.6) is 0 Å². The van der Waals surface area contributed by atoms with Crippen molar-refractivity contribution in [2.45, 2.75) is 19.8 Å². The smallest absolute Gasteiger partial charge is 0.317 e. The zero-order valence-electron chi connectivity index (χ0n) is 10.4. The van der Waals surface area contributed by atoms with Gasteiger partial charge in [-0.1, -0.05) is 23.8 Å². The molecular formula is C14H17NO3. The van der Waals surface area contributed by atoms with Crippen molar-refractivity contribution in [3.05, 3.63) is 35.4 Å². The SMILES string of the molecule is Cc1cccc(C(=O)C2(C(=O)O)CCNCC2)c1. The Morgan fingerprint density at radius 1 is 1.28 bits per heavy atom. The van der Waals surface area contributed by atoms with Gasteiger partial charge in [-0.15, -0.1) is 0 Å². The van der Waals surface area contributed by atoms with Gasteiger partial charge < -0.3 is 10.4 Å². The summed E-state index contributed by atoms with van der Waals surface area (Å²) in [5.74, 6) is -1.27. The van der Waals surface area contributed by atoms with E-state index < -0.39 is 11.4 Å². The maximum absolute atomic E-state index is 12.5. The van der Waals surface area contributed by atoms with Gasteiger partial charge in [0.2, 0.25) is 0 Å². The molecule has 4 nitrogen and oxygen atoms in total. The number of carboxylic acids is 1. The Labute approximate surface area is 106 Å². The normalized spacial score (nSPS) is 18.3. The van der Waals surface area contributed by atoms with Crippen molar-refractivity contribution >= 4 is 11.8 Å². The third kappa shape index (κ3) is 2.16. The van der Waals surface area contributed by atoms with Crippen LogP contribution in [0, 0.1) is 12.3 Å². The predicted octanol–water partition coefficient (Wildman–Crippen LogP) is 1.63. The number of Topliss-reactive ketones (excluding diaryl/α,β-unsaturated/α-hetero) is 1. The number of piperidine rings is 1. The van der Waals surface area contributed by atoms with Crippen molar-refractivity contribution in [1.82, 2.24) is 5.32 Å². The number of benzene rings is 1. The highest BCUT2D eigenvalue weighted by Crippen LogP contribution is 2.33. The number of aryl methyl sites for hydroxylation is 1. The lowest BCUT2D eigenvalue weighted by atomic mass is 9.73. The summed E-state index contributed by atoms with van der Waals surface area (Å²) in [6.45, 7) is 3.04. The molecule has 0 radical (unpaired) electrons. The average molecular weight is 247 g/mol. The van der Waals surface area contributed by atoms with E-state index in [0.29, 0.717) is 31.5 Å². The van der Waals surface area contributed by atoms with Crippen LogP contribution in [-0.2, 0) is 4.79 Å². The molecule has 0 aromatic heterocycles. The summed E-state index contributed by atoms with van der Waals surface area (Å²) < 4.78 is 0. The summed E-state index contributed by atoms with van der Waals surface area (Å²) in [4.78, 5) is 24.0. The number of carboxylic acid groups (broad SMARTS) is 1. The number of carbonyl (C=O) groups is 2. The lowest BCUT2D eigenvalue weighted by Crippen LogP contribution is -2.47. The van der Waals surface area contributed by atoms with Crippen molar-refractivity contribution in [2.75, 3.05) is 13.1 Å². The Kier molecular flexibility index (Phi) is 3.48. The van der Waals surface area contributed by atoms with E-state index in [9.17, 15) is 14.7 Å². The number of aliphatic carboxylic acids is 1. The van der Waals surface area contributed by atoms with Crippen LogP contribution in [0.1, 0.15) is 28.8 Å². The Morgan fingerprint density at radius 3 is 2.50 bits per heavy atom. The fourth-order valence-electron chi connectivity index (χ4n) is 2.45. The zero-order chi connectivity index (χ0) is 13.2. The summed E-state index contributed by atoms with van der Waals surface area (Å²) in [5, 5.41) is 12.5. The van der Waals surface area contributed by atoms with Gasteiger partial charge in [-0.05, 0) is 38.9 Å². The van der Waals surface area contributed by atoms with Gasteiger partial charge in [-0.25, -0.2) is 0 Å². The molecule has 1 aromatic rings. The molecule has 1 saturated heterocycles. The quantitative estimate of drug-likeness (QED) is 0.629. The van der Waals surface area contributed by atoms with E-state index in [1.54, 1.807) is 18.2 Å². The second kappa shape index (κ2) is 4.90. The third-order valence-electron chi connectivity index (χ3n) is 3.58. The maximum atomic E-state index is 12.5. The minimum atomic E-state index is -1.25. The number of nitrogens with one attached hydrogen (secondary N) is 1. The highest BCUT2D eigenvalue weighted by atomic mass is 16.4. The van der Waals surface area contributed by atoms with E-state index in [1.165, 1.54) is 0 Å². The van der Waals surface area contributed by atoms with Gasteiger partial charge in [0.1, 0.15) is 5.41 Å². The summed E-state index contributed by atoms with van der Waals surface area (Å²) in [5.41, 5.74) is 0.216. The van der Waals surface area contributed by atoms with Crippen molar-refractivity contribution in [3.63, 3.8) is 0 Å². The van der Waals surface area contributed by atoms with Crippen molar-refractivity contribution in [1.29, 1.82) is 0 Å². The van der Waals surface area contributed by atoms with Gasteiger partial charge >= 0.3 is 5.97 Å². The summed E-state index contributed by atoms with van der Waals surface area (Å²) in [7, 11) is 0. The van der Waals surface area contributed by atoms with Crippen LogP contribution in [-0.4, -0.2) is 29.9 Å². The van der Waals surface area contributed by atoms with Crippen LogP contribution in [0.4, 0.5) is 0 Å². The number of carbonyl (C=O) groups excluding carboxylic acids is 1. The lowest BCUT2D eigenvalue weighted by molar-refractivity contribution is -0.147. The molecule has 0 saturated carbocycles. The Balaban J connectivity index is 2.37. The fourth-order valence-corrected chi connectivity index (χ4v) is 2.45. The van der Waals surface area contributed by atoms with Crippen LogP contribution in [0.15, 0.2) is 24.3 Å². The largest absolute Gasteiger partial charge is 0.480 e. The first-order valence-corrected chi connectivity index (χ1v) is 6.12. The molecule has 1 fully saturated rings. The number of hydrogen-bond acceptors (Lipinski definition) is 3. The van der Waals surface area contributed by atoms with Gasteiger partial charge in [-0.3, -0.25) is 9.59 Å². The summed E-state index contributed by atoms with van der Waals surface area (Å²) in [6.07, 6.45) is 0.713. The van der Waals surface area contributed by atoms with Crippen LogP contribution in [0.25, 0.3) is 0 Å². The molecule has 0 atom stereocenters. The molecule has 0 amide bonds. The molecule has 0 aliphatic carbocycles. The van der Waals surface area contributed by atoms with Gasteiger partial charge in [-0.2, -0.15) is 0 Å². The molecule has 1 aliphatic heterocycles. The van der Waals surface area contributed by atoms with Crippen molar-refractivity contribution in [3.8, 4) is 0 Å². The van der Waals surface area contributed by atoms with Crippen LogP contribution in [0.3, 0.4) is 0 Å². The van der Waals surface area contributed by atoms with Crippen LogP contribution in [0.2, 0.25) is 0 Å². The molecule has 4 heteroatoms. The van der Waals surface area contributed by atoms with E-state index in [0.717, 1.165) is 5.56 Å². The van der Waals surface area contributed by atoms with Crippen LogP contribution >= 0.6 is 0 Å². The van der Waals surface area contributed by atoms with Gasteiger partial charge in [0.25, 0.3) is 0 Å². The zero-order valence-corrected chi connectivity index (χ0v) is 10.4.